The number of carboxylic acid groups (broad SMARTS) is 1. The Hall–Kier alpha value is -1.59. The van der Waals surface area contributed by atoms with E-state index < -0.39 is 18.0 Å². The maximum Gasteiger partial charge on any atom is 0.326 e. The summed E-state index contributed by atoms with van der Waals surface area (Å²) in [5, 5.41) is 11.2. The lowest BCUT2D eigenvalue weighted by molar-refractivity contribution is -0.148. The van der Waals surface area contributed by atoms with E-state index in [-0.39, 0.29) is 23.7 Å². The largest absolute Gasteiger partial charge is 0.480 e. The molecule has 1 rings (SSSR count). The lowest BCUT2D eigenvalue weighted by atomic mass is 10.1. The van der Waals surface area contributed by atoms with E-state index in [0.29, 0.717) is 0 Å². The quantitative estimate of drug-likeness (QED) is 0.671. The number of hydrogen-bond acceptors (Lipinski definition) is 4. The van der Waals surface area contributed by atoms with Crippen molar-refractivity contribution < 1.29 is 24.2 Å². The molecule has 1 saturated carbocycles. The van der Waals surface area contributed by atoms with Crippen molar-refractivity contribution >= 4 is 17.8 Å². The van der Waals surface area contributed by atoms with Gasteiger partial charge in [0.2, 0.25) is 5.91 Å². The van der Waals surface area contributed by atoms with Crippen molar-refractivity contribution in [3.8, 4) is 0 Å². The molecule has 0 aromatic carbocycles. The van der Waals surface area contributed by atoms with Crippen molar-refractivity contribution in [3.63, 3.8) is 0 Å². The number of hydrogen-bond donors (Lipinski definition) is 2. The lowest BCUT2D eigenvalue weighted by Crippen LogP contribution is -2.43. The summed E-state index contributed by atoms with van der Waals surface area (Å²) >= 11 is 0. The van der Waals surface area contributed by atoms with Crippen molar-refractivity contribution in [2.24, 2.45) is 11.3 Å². The molecule has 2 N–H and O–H groups in total. The molecule has 17 heavy (non-hydrogen) atoms. The van der Waals surface area contributed by atoms with Crippen LogP contribution in [0, 0.1) is 11.3 Å². The van der Waals surface area contributed by atoms with Crippen LogP contribution in [0.4, 0.5) is 0 Å². The Labute approximate surface area is 99.3 Å². The highest BCUT2D eigenvalue weighted by Gasteiger charge is 2.51. The van der Waals surface area contributed by atoms with Gasteiger partial charge < -0.3 is 15.2 Å². The topological polar surface area (TPSA) is 92.7 Å². The van der Waals surface area contributed by atoms with Crippen LogP contribution in [0.15, 0.2) is 0 Å². The number of rotatable bonds is 5. The molecule has 1 fully saturated rings. The first-order valence-electron chi connectivity index (χ1n) is 5.38. The van der Waals surface area contributed by atoms with Crippen LogP contribution in [0.5, 0.6) is 0 Å². The molecule has 0 heterocycles. The fraction of sp³-hybridized carbons (Fsp3) is 0.727. The van der Waals surface area contributed by atoms with Gasteiger partial charge in [-0.25, -0.2) is 4.79 Å². The minimum Gasteiger partial charge on any atom is -0.480 e. The molecule has 0 bridgehead atoms. The zero-order valence-corrected chi connectivity index (χ0v) is 10.1. The number of carbonyl (C=O) groups excluding carboxylic acids is 2. The van der Waals surface area contributed by atoms with E-state index in [2.05, 4.69) is 10.1 Å². The standard InChI is InChI=1S/C11H17NO5/c1-11(2)5-6(11)9(14)12-7(10(15)16)4-8(13)17-3/h6-7H,4-5H2,1-3H3,(H,12,14)(H,15,16)/t6?,7-/m0/s1. The van der Waals surface area contributed by atoms with E-state index in [1.807, 2.05) is 13.8 Å². The molecule has 0 spiro atoms. The third-order valence-electron chi connectivity index (χ3n) is 3.04. The Morgan fingerprint density at radius 1 is 1.47 bits per heavy atom. The third kappa shape index (κ3) is 3.44. The van der Waals surface area contributed by atoms with E-state index >= 15 is 0 Å². The summed E-state index contributed by atoms with van der Waals surface area (Å²) in [6.07, 6.45) is 0.383. The number of carboxylic acids is 1. The van der Waals surface area contributed by atoms with Crippen molar-refractivity contribution in [1.82, 2.24) is 5.32 Å². The van der Waals surface area contributed by atoms with E-state index in [0.717, 1.165) is 6.42 Å². The van der Waals surface area contributed by atoms with Crippen LogP contribution in [0.2, 0.25) is 0 Å². The van der Waals surface area contributed by atoms with Crippen LogP contribution < -0.4 is 5.32 Å². The molecular formula is C11H17NO5. The summed E-state index contributed by atoms with van der Waals surface area (Å²) in [6, 6.07) is -1.22. The highest BCUT2D eigenvalue weighted by Crippen LogP contribution is 2.51. The first-order chi connectivity index (χ1) is 7.77. The normalized spacial score (nSPS) is 22.4. The number of amides is 1. The lowest BCUT2D eigenvalue weighted by Gasteiger charge is -2.13. The van der Waals surface area contributed by atoms with Gasteiger partial charge in [0.15, 0.2) is 0 Å². The van der Waals surface area contributed by atoms with Crippen LogP contribution in [0.25, 0.3) is 0 Å². The first-order valence-corrected chi connectivity index (χ1v) is 5.38. The van der Waals surface area contributed by atoms with Gasteiger partial charge in [-0.05, 0) is 11.8 Å². The zero-order chi connectivity index (χ0) is 13.2. The zero-order valence-electron chi connectivity index (χ0n) is 10.1. The monoisotopic (exact) mass is 243 g/mol. The SMILES string of the molecule is COC(=O)C[C@H](NC(=O)C1CC1(C)C)C(=O)O. The molecule has 0 radical (unpaired) electrons. The van der Waals surface area contributed by atoms with Crippen molar-refractivity contribution in [2.75, 3.05) is 7.11 Å². The Morgan fingerprint density at radius 3 is 2.35 bits per heavy atom. The molecule has 1 aliphatic rings. The van der Waals surface area contributed by atoms with Gasteiger partial charge in [-0.3, -0.25) is 9.59 Å². The van der Waals surface area contributed by atoms with E-state index in [1.165, 1.54) is 7.11 Å². The molecule has 1 unspecified atom stereocenters. The maximum atomic E-state index is 11.7. The third-order valence-corrected chi connectivity index (χ3v) is 3.04. The average molecular weight is 243 g/mol. The highest BCUT2D eigenvalue weighted by molar-refractivity contribution is 5.89. The number of nitrogens with one attached hydrogen (secondary N) is 1. The summed E-state index contributed by atoms with van der Waals surface area (Å²) in [6.45, 7) is 3.88. The van der Waals surface area contributed by atoms with Crippen molar-refractivity contribution in [1.29, 1.82) is 0 Å². The number of ether oxygens (including phenoxy) is 1. The van der Waals surface area contributed by atoms with Gasteiger partial charge in [-0.15, -0.1) is 0 Å². The van der Waals surface area contributed by atoms with Crippen LogP contribution in [0.3, 0.4) is 0 Å². The van der Waals surface area contributed by atoms with Crippen LogP contribution in [0.1, 0.15) is 26.7 Å². The molecule has 0 aromatic heterocycles. The Balaban J connectivity index is 2.53. The van der Waals surface area contributed by atoms with E-state index in [9.17, 15) is 14.4 Å². The van der Waals surface area contributed by atoms with Gasteiger partial charge in [0.05, 0.1) is 13.5 Å². The maximum absolute atomic E-state index is 11.7. The van der Waals surface area contributed by atoms with Crippen LogP contribution in [-0.4, -0.2) is 36.1 Å². The predicted molar refractivity (Wildman–Crippen MR) is 58.1 cm³/mol. The Kier molecular flexibility index (Phi) is 3.75. The molecule has 0 aliphatic heterocycles. The fourth-order valence-electron chi connectivity index (χ4n) is 1.64. The molecule has 2 atom stereocenters. The van der Waals surface area contributed by atoms with Gasteiger partial charge in [0.25, 0.3) is 0 Å². The molecule has 96 valence electrons. The molecule has 0 saturated heterocycles. The molecule has 6 heteroatoms. The van der Waals surface area contributed by atoms with Crippen LogP contribution >= 0.6 is 0 Å². The van der Waals surface area contributed by atoms with Crippen molar-refractivity contribution in [2.45, 2.75) is 32.7 Å². The van der Waals surface area contributed by atoms with Gasteiger partial charge in [0, 0.05) is 5.92 Å². The number of aliphatic carboxylic acids is 1. The smallest absolute Gasteiger partial charge is 0.326 e. The van der Waals surface area contributed by atoms with Crippen molar-refractivity contribution in [3.05, 3.63) is 0 Å². The molecular weight excluding hydrogens is 226 g/mol. The fourth-order valence-corrected chi connectivity index (χ4v) is 1.64. The van der Waals surface area contributed by atoms with Gasteiger partial charge in [-0.1, -0.05) is 13.8 Å². The second kappa shape index (κ2) is 4.73. The summed E-state index contributed by atoms with van der Waals surface area (Å²) in [5.74, 6) is -2.37. The van der Waals surface area contributed by atoms with E-state index in [1.54, 1.807) is 0 Å². The second-order valence-electron chi connectivity index (χ2n) is 4.92. The summed E-state index contributed by atoms with van der Waals surface area (Å²) in [5.41, 5.74) is -0.0710. The Bertz CT molecular complexity index is 350. The molecule has 1 amide bonds. The summed E-state index contributed by atoms with van der Waals surface area (Å²) in [4.78, 5) is 33.5. The number of methoxy groups -OCH3 is 1. The minimum absolute atomic E-state index is 0.0710. The number of esters is 1. The predicted octanol–water partition coefficient (Wildman–Crippen LogP) is 0.165. The molecule has 1 aliphatic carbocycles. The second-order valence-corrected chi connectivity index (χ2v) is 4.92. The summed E-state index contributed by atoms with van der Waals surface area (Å²) < 4.78 is 4.38. The molecule has 0 aromatic rings. The van der Waals surface area contributed by atoms with Gasteiger partial charge in [0.1, 0.15) is 6.04 Å². The average Bonchev–Trinajstić information content (AvgIpc) is 2.86. The van der Waals surface area contributed by atoms with Crippen LogP contribution in [-0.2, 0) is 19.1 Å². The number of carbonyl (C=O) groups is 3. The highest BCUT2D eigenvalue weighted by atomic mass is 16.5. The van der Waals surface area contributed by atoms with E-state index in [4.69, 9.17) is 5.11 Å². The van der Waals surface area contributed by atoms with Gasteiger partial charge in [-0.2, -0.15) is 0 Å². The first kappa shape index (κ1) is 13.5. The summed E-state index contributed by atoms with van der Waals surface area (Å²) in [7, 11) is 1.17. The minimum atomic E-state index is -1.23. The van der Waals surface area contributed by atoms with Gasteiger partial charge >= 0.3 is 11.9 Å². The Morgan fingerprint density at radius 2 is 2.00 bits per heavy atom. The molecule has 6 nitrogen and oxygen atoms in total.